The molecule has 0 aromatic rings. The van der Waals surface area contributed by atoms with Gasteiger partial charge in [-0.25, -0.2) is 0 Å². The second kappa shape index (κ2) is 14.6. The number of rotatable bonds is 15. The van der Waals surface area contributed by atoms with Crippen LogP contribution in [0.15, 0.2) is 12.2 Å². The molecule has 3 nitrogen and oxygen atoms in total. The molecule has 0 heterocycles. The molecular formula is C23H44O3. The highest BCUT2D eigenvalue weighted by Crippen LogP contribution is 2.33. The molecule has 0 radical (unpaired) electrons. The molecule has 0 aromatic heterocycles. The fourth-order valence-corrected chi connectivity index (χ4v) is 4.17. The summed E-state index contributed by atoms with van der Waals surface area (Å²) < 4.78 is 0. The van der Waals surface area contributed by atoms with Crippen LogP contribution in [0.3, 0.4) is 0 Å². The highest BCUT2D eigenvalue weighted by Gasteiger charge is 2.37. The summed E-state index contributed by atoms with van der Waals surface area (Å²) in [7, 11) is 0. The van der Waals surface area contributed by atoms with Crippen molar-refractivity contribution in [2.75, 3.05) is 0 Å². The zero-order chi connectivity index (χ0) is 19.1. The molecule has 1 aliphatic rings. The smallest absolute Gasteiger partial charge is 0.0697 e. The van der Waals surface area contributed by atoms with Gasteiger partial charge in [-0.3, -0.25) is 0 Å². The van der Waals surface area contributed by atoms with Crippen molar-refractivity contribution in [3.8, 4) is 0 Å². The van der Waals surface area contributed by atoms with Gasteiger partial charge in [-0.1, -0.05) is 76.9 Å². The fourth-order valence-electron chi connectivity index (χ4n) is 4.17. The Morgan fingerprint density at radius 3 is 1.73 bits per heavy atom. The summed E-state index contributed by atoms with van der Waals surface area (Å²) in [6.45, 7) is 2.26. The Morgan fingerprint density at radius 2 is 1.19 bits per heavy atom. The minimum atomic E-state index is -0.851. The summed E-state index contributed by atoms with van der Waals surface area (Å²) in [6.07, 6.45) is 22.1. The Morgan fingerprint density at radius 1 is 0.731 bits per heavy atom. The van der Waals surface area contributed by atoms with E-state index in [1.807, 2.05) is 0 Å². The van der Waals surface area contributed by atoms with E-state index in [0.717, 1.165) is 12.8 Å². The molecule has 3 heteroatoms. The Hall–Kier alpha value is -0.380. The lowest BCUT2D eigenvalue weighted by Crippen LogP contribution is -2.43. The Labute approximate surface area is 161 Å². The van der Waals surface area contributed by atoms with Crippen LogP contribution in [0.5, 0.6) is 0 Å². The van der Waals surface area contributed by atoms with Crippen molar-refractivity contribution in [1.29, 1.82) is 0 Å². The van der Waals surface area contributed by atoms with E-state index in [2.05, 4.69) is 19.1 Å². The maximum absolute atomic E-state index is 10.5. The molecule has 1 fully saturated rings. The second-order valence-corrected chi connectivity index (χ2v) is 8.51. The van der Waals surface area contributed by atoms with E-state index >= 15 is 0 Å². The first kappa shape index (κ1) is 23.7. The van der Waals surface area contributed by atoms with Crippen LogP contribution >= 0.6 is 0 Å². The minimum absolute atomic E-state index is 0.411. The number of hydrogen-bond donors (Lipinski definition) is 3. The van der Waals surface area contributed by atoms with Crippen molar-refractivity contribution in [3.63, 3.8) is 0 Å². The van der Waals surface area contributed by atoms with E-state index in [1.165, 1.54) is 70.6 Å². The first-order valence-electron chi connectivity index (χ1n) is 11.3. The topological polar surface area (TPSA) is 60.7 Å². The van der Waals surface area contributed by atoms with Crippen LogP contribution < -0.4 is 0 Å². The molecule has 1 aliphatic carbocycles. The monoisotopic (exact) mass is 368 g/mol. The van der Waals surface area contributed by atoms with Crippen molar-refractivity contribution in [1.82, 2.24) is 0 Å². The molecule has 26 heavy (non-hydrogen) atoms. The highest BCUT2D eigenvalue weighted by molar-refractivity contribution is 4.90. The van der Waals surface area contributed by atoms with E-state index in [0.29, 0.717) is 25.7 Å². The van der Waals surface area contributed by atoms with Gasteiger partial charge in [0.1, 0.15) is 0 Å². The summed E-state index contributed by atoms with van der Waals surface area (Å²) >= 11 is 0. The third kappa shape index (κ3) is 12.1. The van der Waals surface area contributed by atoms with Crippen molar-refractivity contribution in [2.45, 2.75) is 134 Å². The standard InChI is InChI=1S/C23H44O3/c1-2-3-4-5-6-7-8-9-10-11-12-13-14-15-16-17-23(26)19-21(24)18-22(25)20-23/h9-10,21-22,24-26H,2-8,11-20H2,1H3/b10-9-/t21-,22-/m0/s1. The van der Waals surface area contributed by atoms with Crippen molar-refractivity contribution < 1.29 is 15.3 Å². The molecular weight excluding hydrogens is 324 g/mol. The van der Waals surface area contributed by atoms with Gasteiger partial charge in [-0.2, -0.15) is 0 Å². The maximum atomic E-state index is 10.5. The summed E-state index contributed by atoms with van der Waals surface area (Å²) in [5.41, 5.74) is -0.851. The normalized spacial score (nSPS) is 26.6. The quantitative estimate of drug-likeness (QED) is 0.258. The molecule has 0 unspecified atom stereocenters. The lowest BCUT2D eigenvalue weighted by Gasteiger charge is -2.37. The maximum Gasteiger partial charge on any atom is 0.0697 e. The van der Waals surface area contributed by atoms with E-state index in [1.54, 1.807) is 0 Å². The Bertz CT molecular complexity index is 343. The van der Waals surface area contributed by atoms with Crippen molar-refractivity contribution in [3.05, 3.63) is 12.2 Å². The van der Waals surface area contributed by atoms with Crippen LogP contribution in [0.2, 0.25) is 0 Å². The second-order valence-electron chi connectivity index (χ2n) is 8.51. The van der Waals surface area contributed by atoms with Crippen molar-refractivity contribution in [2.24, 2.45) is 0 Å². The number of aliphatic hydroxyl groups is 3. The molecule has 154 valence electrons. The van der Waals surface area contributed by atoms with Gasteiger partial charge in [0, 0.05) is 12.8 Å². The van der Waals surface area contributed by atoms with Crippen LogP contribution in [-0.4, -0.2) is 33.1 Å². The third-order valence-corrected chi connectivity index (χ3v) is 5.68. The number of allylic oxidation sites excluding steroid dienone is 2. The van der Waals surface area contributed by atoms with E-state index in [-0.39, 0.29) is 0 Å². The molecule has 3 N–H and O–H groups in total. The van der Waals surface area contributed by atoms with E-state index < -0.39 is 17.8 Å². The molecule has 0 amide bonds. The first-order chi connectivity index (χ1) is 12.6. The molecule has 0 aromatic carbocycles. The summed E-state index contributed by atoms with van der Waals surface area (Å²) in [4.78, 5) is 0. The number of hydrogen-bond acceptors (Lipinski definition) is 3. The van der Waals surface area contributed by atoms with Crippen LogP contribution in [0.4, 0.5) is 0 Å². The van der Waals surface area contributed by atoms with Crippen LogP contribution in [0, 0.1) is 0 Å². The van der Waals surface area contributed by atoms with Crippen molar-refractivity contribution >= 4 is 0 Å². The lowest BCUT2D eigenvalue weighted by atomic mass is 9.78. The molecule has 0 spiro atoms. The van der Waals surface area contributed by atoms with E-state index in [4.69, 9.17) is 0 Å². The summed E-state index contributed by atoms with van der Waals surface area (Å²) in [6, 6.07) is 0. The highest BCUT2D eigenvalue weighted by atomic mass is 16.3. The first-order valence-corrected chi connectivity index (χ1v) is 11.3. The van der Waals surface area contributed by atoms with Gasteiger partial charge in [0.05, 0.1) is 17.8 Å². The Balaban J connectivity index is 1.88. The lowest BCUT2D eigenvalue weighted by molar-refractivity contribution is -0.0950. The Kier molecular flexibility index (Phi) is 13.3. The molecule has 0 bridgehead atoms. The summed E-state index contributed by atoms with van der Waals surface area (Å²) in [5.74, 6) is 0. The van der Waals surface area contributed by atoms with Gasteiger partial charge in [0.2, 0.25) is 0 Å². The van der Waals surface area contributed by atoms with Crippen LogP contribution in [0.25, 0.3) is 0 Å². The van der Waals surface area contributed by atoms with Crippen LogP contribution in [-0.2, 0) is 0 Å². The number of unbranched alkanes of at least 4 members (excludes halogenated alkanes) is 11. The van der Waals surface area contributed by atoms with Gasteiger partial charge >= 0.3 is 0 Å². The summed E-state index contributed by atoms with van der Waals surface area (Å²) in [5, 5.41) is 29.9. The number of aliphatic hydroxyl groups excluding tert-OH is 2. The minimum Gasteiger partial charge on any atom is -0.393 e. The molecule has 0 aliphatic heterocycles. The fraction of sp³-hybridized carbons (Fsp3) is 0.913. The molecule has 0 saturated heterocycles. The average Bonchev–Trinajstić information content (AvgIpc) is 2.57. The molecule has 1 rings (SSSR count). The van der Waals surface area contributed by atoms with Gasteiger partial charge in [0.25, 0.3) is 0 Å². The van der Waals surface area contributed by atoms with Gasteiger partial charge in [-0.05, 0) is 38.5 Å². The zero-order valence-corrected chi connectivity index (χ0v) is 17.2. The van der Waals surface area contributed by atoms with E-state index in [9.17, 15) is 15.3 Å². The predicted molar refractivity (Wildman–Crippen MR) is 110 cm³/mol. The van der Waals surface area contributed by atoms with Crippen LogP contribution in [0.1, 0.15) is 116 Å². The SMILES string of the molecule is CCCCCCCC/C=C\CCCCCCCC1(O)C[C@@H](O)C[C@H](O)C1. The third-order valence-electron chi connectivity index (χ3n) is 5.68. The zero-order valence-electron chi connectivity index (χ0n) is 17.2. The predicted octanol–water partition coefficient (Wildman–Crippen LogP) is 5.66. The van der Waals surface area contributed by atoms with Gasteiger partial charge in [-0.15, -0.1) is 0 Å². The molecule has 1 saturated carbocycles. The van der Waals surface area contributed by atoms with Gasteiger partial charge < -0.3 is 15.3 Å². The molecule has 2 atom stereocenters. The average molecular weight is 369 g/mol. The largest absolute Gasteiger partial charge is 0.393 e. The van der Waals surface area contributed by atoms with Gasteiger partial charge in [0.15, 0.2) is 0 Å².